The van der Waals surface area contributed by atoms with Gasteiger partial charge < -0.3 is 9.72 Å². The molecule has 0 atom stereocenters. The van der Waals surface area contributed by atoms with Crippen LogP contribution in [-0.4, -0.2) is 18.1 Å². The van der Waals surface area contributed by atoms with Gasteiger partial charge in [0, 0.05) is 15.8 Å². The predicted molar refractivity (Wildman–Crippen MR) is 98.9 cm³/mol. The standard InChI is InChI=1S/C20H18N2O2S/c1-24-20(23)18-14-5-3-2-4-6-17(14)25-19(18)16-10-13-9-12(11-21)7-8-15(13)22-16/h7-10,22H,2-6H2,1H3. The number of H-pyrrole nitrogens is 1. The Hall–Kier alpha value is -2.58. The van der Waals surface area contributed by atoms with Gasteiger partial charge in [0.15, 0.2) is 0 Å². The molecule has 5 heteroatoms. The van der Waals surface area contributed by atoms with E-state index in [0.29, 0.717) is 5.56 Å². The van der Waals surface area contributed by atoms with Gasteiger partial charge in [-0.1, -0.05) is 6.42 Å². The van der Waals surface area contributed by atoms with Crippen LogP contribution in [0.3, 0.4) is 0 Å². The number of hydrogen-bond donors (Lipinski definition) is 1. The van der Waals surface area contributed by atoms with Crippen LogP contribution in [0.1, 0.15) is 45.6 Å². The number of nitriles is 1. The summed E-state index contributed by atoms with van der Waals surface area (Å²) in [5, 5.41) is 10.1. The Morgan fingerprint density at radius 2 is 2.08 bits per heavy atom. The van der Waals surface area contributed by atoms with Crippen LogP contribution < -0.4 is 0 Å². The quantitative estimate of drug-likeness (QED) is 0.532. The molecule has 2 aromatic heterocycles. The number of hydrogen-bond acceptors (Lipinski definition) is 4. The summed E-state index contributed by atoms with van der Waals surface area (Å²) in [7, 11) is 1.44. The van der Waals surface area contributed by atoms with Crippen molar-refractivity contribution in [1.82, 2.24) is 4.98 Å². The lowest BCUT2D eigenvalue weighted by Crippen LogP contribution is -2.05. The van der Waals surface area contributed by atoms with Crippen LogP contribution in [0.2, 0.25) is 0 Å². The Kier molecular flexibility index (Phi) is 4.06. The van der Waals surface area contributed by atoms with E-state index in [0.717, 1.165) is 46.3 Å². The summed E-state index contributed by atoms with van der Waals surface area (Å²) in [6.45, 7) is 0. The lowest BCUT2D eigenvalue weighted by atomic mass is 10.0. The third-order valence-electron chi connectivity index (χ3n) is 4.81. The molecule has 4 rings (SSSR count). The van der Waals surface area contributed by atoms with E-state index < -0.39 is 0 Å². The molecule has 0 fully saturated rings. The zero-order chi connectivity index (χ0) is 17.4. The second kappa shape index (κ2) is 6.38. The number of fused-ring (bicyclic) bond motifs is 2. The molecule has 2 heterocycles. The van der Waals surface area contributed by atoms with Gasteiger partial charge in [0.05, 0.1) is 34.9 Å². The van der Waals surface area contributed by atoms with Crippen molar-refractivity contribution in [3.8, 4) is 16.6 Å². The van der Waals surface area contributed by atoms with Gasteiger partial charge in [0.1, 0.15) is 0 Å². The van der Waals surface area contributed by atoms with Crippen LogP contribution in [0.4, 0.5) is 0 Å². The zero-order valence-corrected chi connectivity index (χ0v) is 14.8. The third-order valence-corrected chi connectivity index (χ3v) is 6.13. The molecule has 1 aliphatic rings. The molecule has 0 radical (unpaired) electrons. The van der Waals surface area contributed by atoms with E-state index in [4.69, 9.17) is 10.00 Å². The number of esters is 1. The largest absolute Gasteiger partial charge is 0.465 e. The summed E-state index contributed by atoms with van der Waals surface area (Å²) in [5.41, 5.74) is 4.40. The summed E-state index contributed by atoms with van der Waals surface area (Å²) < 4.78 is 5.09. The first-order chi connectivity index (χ1) is 12.2. The molecule has 1 aliphatic carbocycles. The smallest absolute Gasteiger partial charge is 0.339 e. The second-order valence-corrected chi connectivity index (χ2v) is 7.46. The average molecular weight is 350 g/mol. The Balaban J connectivity index is 1.90. The first-order valence-corrected chi connectivity index (χ1v) is 9.29. The summed E-state index contributed by atoms with van der Waals surface area (Å²) in [6.07, 6.45) is 5.47. The first kappa shape index (κ1) is 15.9. The van der Waals surface area contributed by atoms with Gasteiger partial charge in [0.2, 0.25) is 0 Å². The first-order valence-electron chi connectivity index (χ1n) is 8.47. The molecule has 0 saturated carbocycles. The van der Waals surface area contributed by atoms with Gasteiger partial charge in [-0.2, -0.15) is 5.26 Å². The predicted octanol–water partition coefficient (Wildman–Crippen LogP) is 4.82. The normalized spacial score (nSPS) is 13.9. The van der Waals surface area contributed by atoms with Crippen molar-refractivity contribution in [2.24, 2.45) is 0 Å². The maximum Gasteiger partial charge on any atom is 0.339 e. The Morgan fingerprint density at radius 3 is 2.88 bits per heavy atom. The van der Waals surface area contributed by atoms with Crippen molar-refractivity contribution in [2.75, 3.05) is 7.11 Å². The van der Waals surface area contributed by atoms with Crippen molar-refractivity contribution in [3.05, 3.63) is 45.8 Å². The molecular formula is C20H18N2O2S. The number of ether oxygens (including phenoxy) is 1. The maximum atomic E-state index is 12.5. The highest BCUT2D eigenvalue weighted by atomic mass is 32.1. The van der Waals surface area contributed by atoms with Crippen molar-refractivity contribution >= 4 is 28.2 Å². The Labute approximate surface area is 150 Å². The number of aromatic nitrogens is 1. The van der Waals surface area contributed by atoms with Gasteiger partial charge in [-0.15, -0.1) is 11.3 Å². The number of carbonyl (C=O) groups is 1. The summed E-state index contributed by atoms with van der Waals surface area (Å²) in [5.74, 6) is -0.259. The minimum absolute atomic E-state index is 0.259. The summed E-state index contributed by atoms with van der Waals surface area (Å²) in [4.78, 5) is 18.2. The van der Waals surface area contributed by atoms with Crippen LogP contribution in [0.25, 0.3) is 21.5 Å². The Bertz CT molecular complexity index is 1010. The average Bonchev–Trinajstić information content (AvgIpc) is 3.14. The maximum absolute atomic E-state index is 12.5. The van der Waals surface area contributed by atoms with E-state index in [1.807, 2.05) is 18.2 Å². The molecular weight excluding hydrogens is 332 g/mol. The van der Waals surface area contributed by atoms with Crippen LogP contribution >= 0.6 is 11.3 Å². The number of thiophene rings is 1. The second-order valence-electron chi connectivity index (χ2n) is 6.36. The van der Waals surface area contributed by atoms with E-state index in [-0.39, 0.29) is 5.97 Å². The topological polar surface area (TPSA) is 65.9 Å². The number of nitrogens with one attached hydrogen (secondary N) is 1. The van der Waals surface area contributed by atoms with Crippen LogP contribution in [0.5, 0.6) is 0 Å². The molecule has 126 valence electrons. The fourth-order valence-electron chi connectivity index (χ4n) is 3.57. The van der Waals surface area contributed by atoms with E-state index >= 15 is 0 Å². The number of aryl methyl sites for hydroxylation is 1. The van der Waals surface area contributed by atoms with Crippen molar-refractivity contribution in [3.63, 3.8) is 0 Å². The number of carbonyl (C=O) groups excluding carboxylic acids is 1. The number of methoxy groups -OCH3 is 1. The molecule has 1 aromatic carbocycles. The number of rotatable bonds is 2. The van der Waals surface area contributed by atoms with Crippen LogP contribution in [-0.2, 0) is 17.6 Å². The van der Waals surface area contributed by atoms with Crippen molar-refractivity contribution < 1.29 is 9.53 Å². The molecule has 4 nitrogen and oxygen atoms in total. The lowest BCUT2D eigenvalue weighted by molar-refractivity contribution is 0.0601. The minimum Gasteiger partial charge on any atom is -0.465 e. The van der Waals surface area contributed by atoms with E-state index in [9.17, 15) is 4.79 Å². The zero-order valence-electron chi connectivity index (χ0n) is 14.0. The molecule has 3 aromatic rings. The van der Waals surface area contributed by atoms with Gasteiger partial charge in [-0.3, -0.25) is 0 Å². The van der Waals surface area contributed by atoms with E-state index in [1.165, 1.54) is 30.4 Å². The number of aromatic amines is 1. The molecule has 0 bridgehead atoms. The highest BCUT2D eigenvalue weighted by molar-refractivity contribution is 7.16. The molecule has 0 unspecified atom stereocenters. The lowest BCUT2D eigenvalue weighted by Gasteiger charge is -2.04. The van der Waals surface area contributed by atoms with Gasteiger partial charge in [-0.05, 0) is 55.5 Å². The highest BCUT2D eigenvalue weighted by Gasteiger charge is 2.26. The van der Waals surface area contributed by atoms with Gasteiger partial charge in [-0.25, -0.2) is 4.79 Å². The monoisotopic (exact) mass is 350 g/mol. The summed E-state index contributed by atoms with van der Waals surface area (Å²) >= 11 is 1.70. The fourth-order valence-corrected chi connectivity index (χ4v) is 4.92. The van der Waals surface area contributed by atoms with Crippen LogP contribution in [0, 0.1) is 11.3 Å². The third kappa shape index (κ3) is 2.73. The highest BCUT2D eigenvalue weighted by Crippen LogP contribution is 2.40. The molecule has 0 aliphatic heterocycles. The van der Waals surface area contributed by atoms with E-state index in [2.05, 4.69) is 11.1 Å². The SMILES string of the molecule is COC(=O)c1c(-c2cc3cc(C#N)ccc3[nH]2)sc2c1CCCCC2. The van der Waals surface area contributed by atoms with Gasteiger partial charge in [0.25, 0.3) is 0 Å². The molecule has 0 spiro atoms. The van der Waals surface area contributed by atoms with Crippen LogP contribution in [0.15, 0.2) is 24.3 Å². The summed E-state index contributed by atoms with van der Waals surface area (Å²) in [6, 6.07) is 9.77. The number of nitrogens with zero attached hydrogens (tertiary/aromatic N) is 1. The Morgan fingerprint density at radius 1 is 1.24 bits per heavy atom. The van der Waals surface area contributed by atoms with E-state index in [1.54, 1.807) is 17.4 Å². The molecule has 1 N–H and O–H groups in total. The fraction of sp³-hybridized carbons (Fsp3) is 0.300. The number of benzene rings is 1. The van der Waals surface area contributed by atoms with Gasteiger partial charge >= 0.3 is 5.97 Å². The van der Waals surface area contributed by atoms with Crippen molar-refractivity contribution in [2.45, 2.75) is 32.1 Å². The minimum atomic E-state index is -0.259. The molecule has 0 saturated heterocycles. The molecule has 25 heavy (non-hydrogen) atoms. The molecule has 0 amide bonds. The van der Waals surface area contributed by atoms with Crippen molar-refractivity contribution in [1.29, 1.82) is 5.26 Å².